The third-order valence-corrected chi connectivity index (χ3v) is 4.01. The molecule has 0 atom stereocenters. The van der Waals surface area contributed by atoms with Crippen LogP contribution in [0, 0.1) is 0 Å². The van der Waals surface area contributed by atoms with Gasteiger partial charge in [0.25, 0.3) is 5.91 Å². The van der Waals surface area contributed by atoms with Crippen LogP contribution in [0.15, 0.2) is 36.9 Å². The summed E-state index contributed by atoms with van der Waals surface area (Å²) in [5.74, 6) is 0.727. The number of anilines is 1. The van der Waals surface area contributed by atoms with Crippen molar-refractivity contribution in [1.29, 1.82) is 0 Å². The van der Waals surface area contributed by atoms with Gasteiger partial charge in [-0.3, -0.25) is 9.78 Å². The Morgan fingerprint density at radius 1 is 1.00 bits per heavy atom. The van der Waals surface area contributed by atoms with Crippen molar-refractivity contribution in [2.75, 3.05) is 31.6 Å². The summed E-state index contributed by atoms with van der Waals surface area (Å²) < 4.78 is 0. The number of pyridine rings is 1. The van der Waals surface area contributed by atoms with Crippen molar-refractivity contribution in [3.8, 4) is 0 Å². The highest BCUT2D eigenvalue weighted by Gasteiger charge is 2.16. The van der Waals surface area contributed by atoms with Crippen molar-refractivity contribution in [2.45, 2.75) is 33.1 Å². The smallest absolute Gasteiger partial charge is 0.274 e. The fourth-order valence-corrected chi connectivity index (χ4v) is 2.61. The number of rotatable bonds is 9. The molecule has 1 amide bonds. The van der Waals surface area contributed by atoms with E-state index in [2.05, 4.69) is 28.8 Å². The Balaban J connectivity index is 1.97. The van der Waals surface area contributed by atoms with Crippen LogP contribution in [0.3, 0.4) is 0 Å². The average molecular weight is 341 g/mol. The predicted molar refractivity (Wildman–Crippen MR) is 99.7 cm³/mol. The number of amides is 1. The van der Waals surface area contributed by atoms with E-state index in [1.807, 2.05) is 29.0 Å². The van der Waals surface area contributed by atoms with Crippen LogP contribution in [0.1, 0.15) is 42.7 Å². The van der Waals surface area contributed by atoms with Crippen molar-refractivity contribution < 1.29 is 4.79 Å². The monoisotopic (exact) mass is 341 g/mol. The Hall–Kier alpha value is -2.50. The Kier molecular flexibility index (Phi) is 7.32. The first-order chi connectivity index (χ1) is 12.2. The summed E-state index contributed by atoms with van der Waals surface area (Å²) in [7, 11) is 1.98. The molecule has 2 heterocycles. The Bertz CT molecular complexity index is 639. The van der Waals surface area contributed by atoms with E-state index >= 15 is 0 Å². The van der Waals surface area contributed by atoms with Crippen LogP contribution in [0.5, 0.6) is 0 Å². The lowest BCUT2D eigenvalue weighted by Crippen LogP contribution is -2.33. The van der Waals surface area contributed by atoms with Gasteiger partial charge in [0.15, 0.2) is 0 Å². The maximum absolute atomic E-state index is 12.5. The number of nitrogens with zero attached hydrogens (tertiary/aromatic N) is 5. The van der Waals surface area contributed by atoms with E-state index in [9.17, 15) is 4.79 Å². The van der Waals surface area contributed by atoms with Gasteiger partial charge in [-0.05, 0) is 37.0 Å². The third kappa shape index (κ3) is 5.52. The normalized spacial score (nSPS) is 10.5. The lowest BCUT2D eigenvalue weighted by Gasteiger charge is -2.21. The van der Waals surface area contributed by atoms with E-state index in [-0.39, 0.29) is 5.91 Å². The van der Waals surface area contributed by atoms with E-state index in [1.54, 1.807) is 24.8 Å². The molecule has 2 aromatic rings. The van der Waals surface area contributed by atoms with Crippen molar-refractivity contribution >= 4 is 11.7 Å². The molecule has 0 unspecified atom stereocenters. The predicted octanol–water partition coefficient (Wildman–Crippen LogP) is 2.81. The number of likely N-dealkylation sites (N-methyl/N-ethyl adjacent to an activating group) is 1. The summed E-state index contributed by atoms with van der Waals surface area (Å²) in [5, 5.41) is 0. The largest absolute Gasteiger partial charge is 0.358 e. The maximum Gasteiger partial charge on any atom is 0.274 e. The molecule has 0 aliphatic rings. The standard InChI is InChI=1S/C19H27N5O/c1-4-11-24(12-5-2)19(25)17-14-22-18(15-21-17)23(3)13-8-16-6-9-20-10-7-16/h6-7,9-10,14-15H,4-5,8,11-13H2,1-3H3. The van der Waals surface area contributed by atoms with E-state index in [4.69, 9.17) is 0 Å². The fourth-order valence-electron chi connectivity index (χ4n) is 2.61. The highest BCUT2D eigenvalue weighted by Crippen LogP contribution is 2.10. The summed E-state index contributed by atoms with van der Waals surface area (Å²) >= 11 is 0. The molecular weight excluding hydrogens is 314 g/mol. The number of hydrogen-bond acceptors (Lipinski definition) is 5. The SMILES string of the molecule is CCCN(CCC)C(=O)c1cnc(N(C)CCc2ccncc2)cn1. The van der Waals surface area contributed by atoms with Crippen LogP contribution >= 0.6 is 0 Å². The van der Waals surface area contributed by atoms with Crippen LogP contribution in [-0.2, 0) is 6.42 Å². The average Bonchev–Trinajstić information content (AvgIpc) is 2.66. The number of carbonyl (C=O) groups is 1. The Morgan fingerprint density at radius 2 is 1.68 bits per heavy atom. The molecule has 0 saturated heterocycles. The quantitative estimate of drug-likeness (QED) is 0.702. The second kappa shape index (κ2) is 9.71. The van der Waals surface area contributed by atoms with Crippen molar-refractivity contribution in [2.24, 2.45) is 0 Å². The minimum Gasteiger partial charge on any atom is -0.358 e. The first-order valence-corrected chi connectivity index (χ1v) is 8.87. The molecule has 0 aliphatic heterocycles. The molecule has 0 N–H and O–H groups in total. The molecule has 0 fully saturated rings. The molecule has 0 aromatic carbocycles. The van der Waals surface area contributed by atoms with E-state index in [0.29, 0.717) is 5.69 Å². The van der Waals surface area contributed by atoms with Crippen molar-refractivity contribution in [3.05, 3.63) is 48.2 Å². The highest BCUT2D eigenvalue weighted by atomic mass is 16.2. The van der Waals surface area contributed by atoms with E-state index in [0.717, 1.165) is 44.7 Å². The molecule has 2 aromatic heterocycles. The molecule has 2 rings (SSSR count). The first-order valence-electron chi connectivity index (χ1n) is 8.87. The van der Waals surface area contributed by atoms with Gasteiger partial charge in [0, 0.05) is 39.1 Å². The first kappa shape index (κ1) is 18.8. The molecule has 134 valence electrons. The second-order valence-electron chi connectivity index (χ2n) is 6.08. The summed E-state index contributed by atoms with van der Waals surface area (Å²) in [4.78, 5) is 29.2. The van der Waals surface area contributed by atoms with Crippen LogP contribution in [-0.4, -0.2) is 52.4 Å². The molecule has 0 spiro atoms. The molecule has 0 bridgehead atoms. The fraction of sp³-hybridized carbons (Fsp3) is 0.474. The van der Waals surface area contributed by atoms with Crippen LogP contribution in [0.4, 0.5) is 5.82 Å². The van der Waals surface area contributed by atoms with Gasteiger partial charge in [0.1, 0.15) is 11.5 Å². The van der Waals surface area contributed by atoms with Gasteiger partial charge in [-0.2, -0.15) is 0 Å². The molecular formula is C19H27N5O. The van der Waals surface area contributed by atoms with Crippen molar-refractivity contribution in [1.82, 2.24) is 19.9 Å². The molecule has 0 aliphatic carbocycles. The zero-order valence-electron chi connectivity index (χ0n) is 15.4. The van der Waals surface area contributed by atoms with Crippen LogP contribution < -0.4 is 4.90 Å². The van der Waals surface area contributed by atoms with Gasteiger partial charge in [0.05, 0.1) is 12.4 Å². The maximum atomic E-state index is 12.5. The van der Waals surface area contributed by atoms with Gasteiger partial charge in [-0.25, -0.2) is 9.97 Å². The van der Waals surface area contributed by atoms with Gasteiger partial charge in [0.2, 0.25) is 0 Å². The van der Waals surface area contributed by atoms with Gasteiger partial charge in [-0.15, -0.1) is 0 Å². The number of carbonyl (C=O) groups excluding carboxylic acids is 1. The van der Waals surface area contributed by atoms with Crippen LogP contribution in [0.25, 0.3) is 0 Å². The van der Waals surface area contributed by atoms with Gasteiger partial charge in [-0.1, -0.05) is 13.8 Å². The number of aromatic nitrogens is 3. The van der Waals surface area contributed by atoms with Gasteiger partial charge >= 0.3 is 0 Å². The molecule has 0 saturated carbocycles. The zero-order valence-corrected chi connectivity index (χ0v) is 15.4. The Labute approximate surface area is 149 Å². The summed E-state index contributed by atoms with van der Waals surface area (Å²) in [6.07, 6.45) is 9.64. The highest BCUT2D eigenvalue weighted by molar-refractivity contribution is 5.92. The van der Waals surface area contributed by atoms with Gasteiger partial charge < -0.3 is 9.80 Å². The molecule has 6 nitrogen and oxygen atoms in total. The topological polar surface area (TPSA) is 62.2 Å². The van der Waals surface area contributed by atoms with Crippen molar-refractivity contribution in [3.63, 3.8) is 0 Å². The van der Waals surface area contributed by atoms with E-state index < -0.39 is 0 Å². The van der Waals surface area contributed by atoms with E-state index in [1.165, 1.54) is 5.56 Å². The molecule has 6 heteroatoms. The molecule has 0 radical (unpaired) electrons. The summed E-state index contributed by atoms with van der Waals surface area (Å²) in [5.41, 5.74) is 1.64. The Morgan fingerprint density at radius 3 is 2.24 bits per heavy atom. The summed E-state index contributed by atoms with van der Waals surface area (Å²) in [6, 6.07) is 4.02. The third-order valence-electron chi connectivity index (χ3n) is 4.01. The minimum atomic E-state index is -0.0396. The zero-order chi connectivity index (χ0) is 18.1. The lowest BCUT2D eigenvalue weighted by atomic mass is 10.2. The minimum absolute atomic E-state index is 0.0396. The summed E-state index contributed by atoms with van der Waals surface area (Å²) in [6.45, 7) is 6.47. The van der Waals surface area contributed by atoms with Crippen LogP contribution in [0.2, 0.25) is 0 Å². The molecule has 25 heavy (non-hydrogen) atoms. The lowest BCUT2D eigenvalue weighted by molar-refractivity contribution is 0.0749. The second-order valence-corrected chi connectivity index (χ2v) is 6.08. The number of hydrogen-bond donors (Lipinski definition) is 0.